The average Bonchev–Trinajstić information content (AvgIpc) is 2.19. The summed E-state index contributed by atoms with van der Waals surface area (Å²) in [6.07, 6.45) is -4.04. The first-order chi connectivity index (χ1) is 8.06. The Kier molecular flexibility index (Phi) is 3.89. The second kappa shape index (κ2) is 4.75. The van der Waals surface area contributed by atoms with Crippen LogP contribution in [-0.2, 0) is 9.84 Å². The van der Waals surface area contributed by atoms with E-state index in [9.17, 15) is 26.0 Å². The molecule has 1 aromatic rings. The maximum atomic E-state index is 12.8. The van der Waals surface area contributed by atoms with E-state index in [-0.39, 0.29) is 5.69 Å². The van der Waals surface area contributed by atoms with E-state index < -0.39 is 32.8 Å². The van der Waals surface area contributed by atoms with Crippen molar-refractivity contribution in [1.82, 2.24) is 0 Å². The summed E-state index contributed by atoms with van der Waals surface area (Å²) < 4.78 is 72.8. The van der Waals surface area contributed by atoms with Gasteiger partial charge in [-0.25, -0.2) is 17.2 Å². The Morgan fingerprint density at radius 2 is 1.89 bits per heavy atom. The van der Waals surface area contributed by atoms with Gasteiger partial charge >= 0.3 is 12.3 Å². The second-order valence-corrected chi connectivity index (χ2v) is 5.82. The number of hydrogen-bond acceptors (Lipinski definition) is 3. The fourth-order valence-corrected chi connectivity index (χ4v) is 2.89. The van der Waals surface area contributed by atoms with Gasteiger partial charge in [-0.15, -0.1) is 0 Å². The number of alkyl halides is 4. The first kappa shape index (κ1) is 14.7. The summed E-state index contributed by atoms with van der Waals surface area (Å²) >= 11 is 0. The van der Waals surface area contributed by atoms with Crippen LogP contribution < -0.4 is 5.73 Å². The molecule has 0 aliphatic carbocycles. The molecule has 2 N–H and O–H groups in total. The van der Waals surface area contributed by atoms with Crippen molar-refractivity contribution >= 4 is 15.5 Å². The van der Waals surface area contributed by atoms with Crippen molar-refractivity contribution in [2.45, 2.75) is 24.2 Å². The van der Waals surface area contributed by atoms with Gasteiger partial charge in [0.25, 0.3) is 0 Å². The molecule has 18 heavy (non-hydrogen) atoms. The highest BCUT2D eigenvalue weighted by atomic mass is 32.2. The Hall–Kier alpha value is -1.31. The monoisotopic (exact) mass is 285 g/mol. The average molecular weight is 285 g/mol. The molecule has 0 heterocycles. The third-order valence-corrected chi connectivity index (χ3v) is 3.99. The zero-order valence-corrected chi connectivity index (χ0v) is 10.1. The largest absolute Gasteiger partial charge is 0.398 e. The lowest BCUT2D eigenvalue weighted by Crippen LogP contribution is -2.35. The second-order valence-electron chi connectivity index (χ2n) is 3.86. The van der Waals surface area contributed by atoms with Crippen LogP contribution in [0.3, 0.4) is 0 Å². The molecular formula is C10H11F4NO2S. The van der Waals surface area contributed by atoms with Crippen LogP contribution in [0.25, 0.3) is 0 Å². The molecule has 0 fully saturated rings. The standard InChI is InChI=1S/C10H11F4NO2S/c1-6-2-3-7(15)8(4-6)18(16,17)5-10(13,14)9(11)12/h2-4,9H,5,15H2,1H3. The molecule has 0 saturated heterocycles. The minimum atomic E-state index is -4.60. The molecule has 0 radical (unpaired) electrons. The molecule has 0 aliphatic rings. The van der Waals surface area contributed by atoms with Crippen molar-refractivity contribution in [3.05, 3.63) is 23.8 Å². The number of sulfone groups is 1. The van der Waals surface area contributed by atoms with Crippen molar-refractivity contribution in [1.29, 1.82) is 0 Å². The van der Waals surface area contributed by atoms with Gasteiger partial charge in [-0.1, -0.05) is 6.07 Å². The highest BCUT2D eigenvalue weighted by molar-refractivity contribution is 7.91. The van der Waals surface area contributed by atoms with Crippen molar-refractivity contribution in [3.63, 3.8) is 0 Å². The van der Waals surface area contributed by atoms with Crippen LogP contribution in [0, 0.1) is 6.92 Å². The molecular weight excluding hydrogens is 274 g/mol. The summed E-state index contributed by atoms with van der Waals surface area (Å²) in [6.45, 7) is 1.53. The van der Waals surface area contributed by atoms with E-state index in [1.807, 2.05) is 0 Å². The van der Waals surface area contributed by atoms with Crippen LogP contribution in [0.1, 0.15) is 5.56 Å². The van der Waals surface area contributed by atoms with E-state index in [0.29, 0.717) is 5.56 Å². The summed E-state index contributed by atoms with van der Waals surface area (Å²) in [4.78, 5) is -0.553. The van der Waals surface area contributed by atoms with Crippen molar-refractivity contribution in [2.24, 2.45) is 0 Å². The quantitative estimate of drug-likeness (QED) is 0.682. The van der Waals surface area contributed by atoms with Crippen molar-refractivity contribution in [3.8, 4) is 0 Å². The van der Waals surface area contributed by atoms with E-state index in [4.69, 9.17) is 5.73 Å². The normalized spacial score (nSPS) is 13.0. The Labute approximate surface area is 102 Å². The van der Waals surface area contributed by atoms with E-state index >= 15 is 0 Å². The molecule has 1 rings (SSSR count). The van der Waals surface area contributed by atoms with Crippen molar-refractivity contribution in [2.75, 3.05) is 11.5 Å². The van der Waals surface area contributed by atoms with Gasteiger partial charge in [0.05, 0.1) is 10.6 Å². The van der Waals surface area contributed by atoms with Gasteiger partial charge in [-0.05, 0) is 24.6 Å². The zero-order valence-electron chi connectivity index (χ0n) is 9.33. The fraction of sp³-hybridized carbons (Fsp3) is 0.400. The molecule has 0 aliphatic heterocycles. The Morgan fingerprint density at radius 1 is 1.33 bits per heavy atom. The Bertz CT molecular complexity index is 543. The highest BCUT2D eigenvalue weighted by Gasteiger charge is 2.45. The number of rotatable bonds is 4. The van der Waals surface area contributed by atoms with Crippen molar-refractivity contribution < 1.29 is 26.0 Å². The van der Waals surface area contributed by atoms with Gasteiger partial charge in [0.1, 0.15) is 5.75 Å². The molecule has 3 nitrogen and oxygen atoms in total. The van der Waals surface area contributed by atoms with Gasteiger partial charge in [0.15, 0.2) is 9.84 Å². The number of nitrogens with two attached hydrogens (primary N) is 1. The first-order valence-corrected chi connectivity index (χ1v) is 6.46. The molecule has 0 bridgehead atoms. The molecule has 1 aromatic carbocycles. The first-order valence-electron chi connectivity index (χ1n) is 4.81. The molecule has 0 amide bonds. The van der Waals surface area contributed by atoms with Gasteiger partial charge < -0.3 is 5.73 Å². The lowest BCUT2D eigenvalue weighted by Gasteiger charge is -2.16. The summed E-state index contributed by atoms with van der Waals surface area (Å²) in [5.41, 5.74) is 5.59. The topological polar surface area (TPSA) is 60.2 Å². The van der Waals surface area contributed by atoms with Crippen LogP contribution in [-0.4, -0.2) is 26.5 Å². The fourth-order valence-electron chi connectivity index (χ4n) is 1.31. The minimum absolute atomic E-state index is 0.245. The maximum absolute atomic E-state index is 12.8. The number of aryl methyl sites for hydroxylation is 1. The molecule has 8 heteroatoms. The van der Waals surface area contributed by atoms with Crippen LogP contribution in [0.5, 0.6) is 0 Å². The lowest BCUT2D eigenvalue weighted by molar-refractivity contribution is -0.110. The van der Waals surface area contributed by atoms with E-state index in [1.54, 1.807) is 0 Å². The van der Waals surface area contributed by atoms with Gasteiger partial charge in [-0.3, -0.25) is 0 Å². The van der Waals surface area contributed by atoms with E-state index in [0.717, 1.165) is 6.07 Å². The Balaban J connectivity index is 3.19. The smallest absolute Gasteiger partial charge is 0.321 e. The number of hydrogen-bond donors (Lipinski definition) is 1. The third kappa shape index (κ3) is 3.12. The van der Waals surface area contributed by atoms with Crippen LogP contribution >= 0.6 is 0 Å². The molecule has 0 saturated carbocycles. The van der Waals surface area contributed by atoms with Crippen LogP contribution in [0.4, 0.5) is 23.2 Å². The number of nitrogen functional groups attached to an aromatic ring is 1. The number of benzene rings is 1. The predicted molar refractivity (Wildman–Crippen MR) is 58.6 cm³/mol. The van der Waals surface area contributed by atoms with Crippen LogP contribution in [0.15, 0.2) is 23.1 Å². The third-order valence-electron chi connectivity index (χ3n) is 2.21. The summed E-state index contributed by atoms with van der Waals surface area (Å²) in [7, 11) is -4.57. The highest BCUT2D eigenvalue weighted by Crippen LogP contribution is 2.29. The molecule has 0 unspecified atom stereocenters. The number of halogens is 4. The maximum Gasteiger partial charge on any atom is 0.321 e. The number of anilines is 1. The summed E-state index contributed by atoms with van der Waals surface area (Å²) in [6, 6.07) is 3.79. The van der Waals surface area contributed by atoms with E-state index in [2.05, 4.69) is 0 Å². The zero-order chi connectivity index (χ0) is 14.1. The Morgan fingerprint density at radius 3 is 2.39 bits per heavy atom. The lowest BCUT2D eigenvalue weighted by atomic mass is 10.2. The van der Waals surface area contributed by atoms with E-state index in [1.165, 1.54) is 19.1 Å². The molecule has 102 valence electrons. The molecule has 0 aromatic heterocycles. The van der Waals surface area contributed by atoms with Gasteiger partial charge in [0, 0.05) is 0 Å². The predicted octanol–water partition coefficient (Wildman–Crippen LogP) is 2.25. The van der Waals surface area contributed by atoms with Crippen LogP contribution in [0.2, 0.25) is 0 Å². The minimum Gasteiger partial charge on any atom is -0.398 e. The summed E-state index contributed by atoms with van der Waals surface area (Å²) in [5, 5.41) is 0. The SMILES string of the molecule is Cc1ccc(N)c(S(=O)(=O)CC(F)(F)C(F)F)c1. The van der Waals surface area contributed by atoms with Gasteiger partial charge in [0.2, 0.25) is 0 Å². The molecule has 0 spiro atoms. The molecule has 0 atom stereocenters. The van der Waals surface area contributed by atoms with Gasteiger partial charge in [-0.2, -0.15) is 8.78 Å². The summed E-state index contributed by atoms with van der Waals surface area (Å²) in [5.74, 6) is -6.57.